The molecular formula is C13H23N3O. The van der Waals surface area contributed by atoms with Crippen LogP contribution in [0.3, 0.4) is 0 Å². The zero-order valence-electron chi connectivity index (χ0n) is 10.6. The van der Waals surface area contributed by atoms with E-state index in [1.807, 2.05) is 0 Å². The summed E-state index contributed by atoms with van der Waals surface area (Å²) in [5.41, 5.74) is 0. The highest BCUT2D eigenvalue weighted by Gasteiger charge is 2.21. The first kappa shape index (κ1) is 13.9. The summed E-state index contributed by atoms with van der Waals surface area (Å²) < 4.78 is 0. The third-order valence-electron chi connectivity index (χ3n) is 3.25. The zero-order valence-corrected chi connectivity index (χ0v) is 10.6. The van der Waals surface area contributed by atoms with E-state index in [0.717, 1.165) is 12.8 Å². The van der Waals surface area contributed by atoms with Gasteiger partial charge in [0.05, 0.1) is 12.6 Å². The maximum absolute atomic E-state index is 10.1. The molecule has 0 radical (unpaired) electrons. The van der Waals surface area contributed by atoms with Crippen LogP contribution in [0.1, 0.15) is 32.1 Å². The quantitative estimate of drug-likeness (QED) is 0.384. The van der Waals surface area contributed by atoms with E-state index in [1.54, 1.807) is 7.05 Å². The minimum atomic E-state index is -0.292. The summed E-state index contributed by atoms with van der Waals surface area (Å²) >= 11 is 0. The van der Waals surface area contributed by atoms with Crippen molar-refractivity contribution in [2.45, 2.75) is 38.2 Å². The number of guanidine groups is 1. The van der Waals surface area contributed by atoms with Crippen LogP contribution < -0.4 is 10.6 Å². The number of nitrogens with zero attached hydrogens (tertiary/aromatic N) is 1. The second-order valence-electron chi connectivity index (χ2n) is 4.48. The second kappa shape index (κ2) is 7.97. The smallest absolute Gasteiger partial charge is 0.191 e. The van der Waals surface area contributed by atoms with Gasteiger partial charge in [0.25, 0.3) is 0 Å². The molecule has 1 aliphatic rings. The molecule has 4 nitrogen and oxygen atoms in total. The first-order valence-corrected chi connectivity index (χ1v) is 6.34. The van der Waals surface area contributed by atoms with Gasteiger partial charge in [-0.2, -0.15) is 0 Å². The SMILES string of the molecule is C#CCNC(=NC)NCC(O)C1CCCCC1. The summed E-state index contributed by atoms with van der Waals surface area (Å²) in [5, 5.41) is 16.1. The molecule has 3 N–H and O–H groups in total. The van der Waals surface area contributed by atoms with Gasteiger partial charge in [0.1, 0.15) is 0 Å². The molecule has 0 saturated heterocycles. The van der Waals surface area contributed by atoms with Gasteiger partial charge in [0, 0.05) is 13.6 Å². The molecule has 1 fully saturated rings. The van der Waals surface area contributed by atoms with Crippen LogP contribution in [-0.4, -0.2) is 37.3 Å². The predicted octanol–water partition coefficient (Wildman–Crippen LogP) is 0.726. The van der Waals surface area contributed by atoms with Crippen molar-refractivity contribution in [2.75, 3.05) is 20.1 Å². The molecule has 0 aliphatic heterocycles. The van der Waals surface area contributed by atoms with E-state index in [-0.39, 0.29) is 6.10 Å². The lowest BCUT2D eigenvalue weighted by molar-refractivity contribution is 0.0880. The Hall–Kier alpha value is -1.21. The molecule has 1 saturated carbocycles. The Bertz CT molecular complexity index is 277. The van der Waals surface area contributed by atoms with Crippen molar-refractivity contribution in [1.29, 1.82) is 0 Å². The number of hydrogen-bond acceptors (Lipinski definition) is 2. The predicted molar refractivity (Wildman–Crippen MR) is 70.8 cm³/mol. The zero-order chi connectivity index (χ0) is 12.5. The van der Waals surface area contributed by atoms with Crippen LogP contribution in [0.2, 0.25) is 0 Å². The van der Waals surface area contributed by atoms with Crippen molar-refractivity contribution in [3.05, 3.63) is 0 Å². The molecule has 0 aromatic rings. The van der Waals surface area contributed by atoms with Gasteiger partial charge in [-0.15, -0.1) is 6.42 Å². The molecule has 0 aromatic heterocycles. The molecule has 1 rings (SSSR count). The van der Waals surface area contributed by atoms with Crippen LogP contribution in [0, 0.1) is 18.3 Å². The van der Waals surface area contributed by atoms with Crippen molar-refractivity contribution in [3.8, 4) is 12.3 Å². The Morgan fingerprint density at radius 2 is 2.12 bits per heavy atom. The molecule has 1 unspecified atom stereocenters. The lowest BCUT2D eigenvalue weighted by atomic mass is 9.85. The first-order valence-electron chi connectivity index (χ1n) is 6.34. The van der Waals surface area contributed by atoms with Crippen LogP contribution in [-0.2, 0) is 0 Å². The number of nitrogens with one attached hydrogen (secondary N) is 2. The van der Waals surface area contributed by atoms with Crippen molar-refractivity contribution < 1.29 is 5.11 Å². The molecule has 1 aliphatic carbocycles. The van der Waals surface area contributed by atoms with Crippen LogP contribution >= 0.6 is 0 Å². The van der Waals surface area contributed by atoms with Crippen molar-refractivity contribution in [1.82, 2.24) is 10.6 Å². The third-order valence-corrected chi connectivity index (χ3v) is 3.25. The summed E-state index contributed by atoms with van der Waals surface area (Å²) in [4.78, 5) is 4.03. The largest absolute Gasteiger partial charge is 0.391 e. The second-order valence-corrected chi connectivity index (χ2v) is 4.48. The van der Waals surface area contributed by atoms with Gasteiger partial charge in [0.15, 0.2) is 5.96 Å². The molecule has 4 heteroatoms. The molecule has 0 amide bonds. The Balaban J connectivity index is 2.25. The Kier molecular flexibility index (Phi) is 6.49. The van der Waals surface area contributed by atoms with Crippen molar-refractivity contribution >= 4 is 5.96 Å². The number of aliphatic hydroxyl groups excluding tert-OH is 1. The number of aliphatic hydroxyl groups is 1. The normalized spacial score (nSPS) is 19.5. The summed E-state index contributed by atoms with van der Waals surface area (Å²) in [5.74, 6) is 3.57. The van der Waals surface area contributed by atoms with E-state index in [0.29, 0.717) is 25.0 Å². The molecular weight excluding hydrogens is 214 g/mol. The molecule has 0 aromatic carbocycles. The lowest BCUT2D eigenvalue weighted by Gasteiger charge is -2.27. The summed E-state index contributed by atoms with van der Waals surface area (Å²) in [6.07, 6.45) is 10.9. The summed E-state index contributed by atoms with van der Waals surface area (Å²) in [6, 6.07) is 0. The summed E-state index contributed by atoms with van der Waals surface area (Å²) in [7, 11) is 1.69. The molecule has 96 valence electrons. The monoisotopic (exact) mass is 237 g/mol. The number of aliphatic imine (C=N–C) groups is 1. The van der Waals surface area contributed by atoms with Crippen LogP contribution in [0.5, 0.6) is 0 Å². The lowest BCUT2D eigenvalue weighted by Crippen LogP contribution is -2.43. The van der Waals surface area contributed by atoms with E-state index in [1.165, 1.54) is 19.3 Å². The van der Waals surface area contributed by atoms with Crippen molar-refractivity contribution in [3.63, 3.8) is 0 Å². The van der Waals surface area contributed by atoms with Crippen LogP contribution in [0.25, 0.3) is 0 Å². The highest BCUT2D eigenvalue weighted by molar-refractivity contribution is 5.79. The van der Waals surface area contributed by atoms with Gasteiger partial charge in [-0.25, -0.2) is 0 Å². The minimum absolute atomic E-state index is 0.292. The van der Waals surface area contributed by atoms with Gasteiger partial charge in [-0.1, -0.05) is 25.2 Å². The molecule has 0 spiro atoms. The maximum Gasteiger partial charge on any atom is 0.191 e. The maximum atomic E-state index is 10.1. The van der Waals surface area contributed by atoms with Crippen molar-refractivity contribution in [2.24, 2.45) is 10.9 Å². The fourth-order valence-electron chi connectivity index (χ4n) is 2.24. The third kappa shape index (κ3) is 5.10. The fraction of sp³-hybridized carbons (Fsp3) is 0.769. The fourth-order valence-corrected chi connectivity index (χ4v) is 2.24. The van der Waals surface area contributed by atoms with Gasteiger partial charge < -0.3 is 15.7 Å². The van der Waals surface area contributed by atoms with E-state index in [2.05, 4.69) is 21.5 Å². The number of hydrogen-bond donors (Lipinski definition) is 3. The van der Waals surface area contributed by atoms with Gasteiger partial charge >= 0.3 is 0 Å². The topological polar surface area (TPSA) is 56.7 Å². The van der Waals surface area contributed by atoms with E-state index in [4.69, 9.17) is 6.42 Å². The minimum Gasteiger partial charge on any atom is -0.391 e. The van der Waals surface area contributed by atoms with E-state index < -0.39 is 0 Å². The molecule has 17 heavy (non-hydrogen) atoms. The Morgan fingerprint density at radius 1 is 1.41 bits per heavy atom. The molecule has 1 atom stereocenters. The van der Waals surface area contributed by atoms with E-state index >= 15 is 0 Å². The van der Waals surface area contributed by atoms with E-state index in [9.17, 15) is 5.11 Å². The summed E-state index contributed by atoms with van der Waals surface area (Å²) in [6.45, 7) is 0.980. The Labute approximate surface area is 104 Å². The van der Waals surface area contributed by atoms with Crippen LogP contribution in [0.15, 0.2) is 4.99 Å². The van der Waals surface area contributed by atoms with Crippen LogP contribution in [0.4, 0.5) is 0 Å². The highest BCUT2D eigenvalue weighted by atomic mass is 16.3. The molecule has 0 heterocycles. The molecule has 0 bridgehead atoms. The van der Waals surface area contributed by atoms with Gasteiger partial charge in [0.2, 0.25) is 0 Å². The number of terminal acetylenes is 1. The van der Waals surface area contributed by atoms with Gasteiger partial charge in [-0.05, 0) is 18.8 Å². The first-order chi connectivity index (χ1) is 8.27. The number of rotatable bonds is 4. The average Bonchev–Trinajstić information content (AvgIpc) is 2.39. The standard InChI is InChI=1S/C13H23N3O/c1-3-9-15-13(14-2)16-10-12(17)11-7-5-4-6-8-11/h1,11-12,17H,4-10H2,2H3,(H2,14,15,16). The average molecular weight is 237 g/mol. The highest BCUT2D eigenvalue weighted by Crippen LogP contribution is 2.26. The Morgan fingerprint density at radius 3 is 2.71 bits per heavy atom. The van der Waals surface area contributed by atoms with Gasteiger partial charge in [-0.3, -0.25) is 4.99 Å².